The molecule has 3 rings (SSSR count). The van der Waals surface area contributed by atoms with Gasteiger partial charge in [0.15, 0.2) is 5.78 Å². The number of benzene rings is 2. The Morgan fingerprint density at radius 2 is 1.58 bits per heavy atom. The van der Waals surface area contributed by atoms with Gasteiger partial charge in [-0.25, -0.2) is 4.79 Å². The van der Waals surface area contributed by atoms with E-state index in [1.807, 2.05) is 36.4 Å². The quantitative estimate of drug-likeness (QED) is 0.805. The van der Waals surface area contributed by atoms with Crippen LogP contribution in [0.4, 0.5) is 0 Å². The summed E-state index contributed by atoms with van der Waals surface area (Å²) in [5, 5.41) is 8.95. The van der Waals surface area contributed by atoms with Crippen molar-refractivity contribution >= 4 is 11.8 Å². The van der Waals surface area contributed by atoms with Crippen molar-refractivity contribution in [2.75, 3.05) is 20.2 Å². The number of Topliss-reactive ketones (excluding diaryl/α,β-unsaturated/α-hetero) is 1. The molecule has 1 heterocycles. The standard InChI is InChI=1S/C21H23NO4/c1-26-19-8-6-16(7-9-19)20(23)17-10-12-22(13-11-17)14-15-2-4-18(5-3-15)21(24)25/h2-9,17H,10-14H2,1H3,(H,24,25). The molecule has 26 heavy (non-hydrogen) atoms. The Bertz CT molecular complexity index is 760. The summed E-state index contributed by atoms with van der Waals surface area (Å²) in [7, 11) is 1.61. The molecule has 1 fully saturated rings. The molecule has 0 aliphatic carbocycles. The van der Waals surface area contributed by atoms with Gasteiger partial charge in [-0.15, -0.1) is 0 Å². The zero-order chi connectivity index (χ0) is 18.5. The largest absolute Gasteiger partial charge is 0.497 e. The monoisotopic (exact) mass is 353 g/mol. The summed E-state index contributed by atoms with van der Waals surface area (Å²) in [5.41, 5.74) is 2.14. The molecule has 1 saturated heterocycles. The lowest BCUT2D eigenvalue weighted by atomic mass is 9.88. The van der Waals surface area contributed by atoms with E-state index < -0.39 is 5.97 Å². The Labute approximate surface area is 153 Å². The zero-order valence-electron chi connectivity index (χ0n) is 14.9. The van der Waals surface area contributed by atoms with Gasteiger partial charge >= 0.3 is 5.97 Å². The molecular weight excluding hydrogens is 330 g/mol. The Morgan fingerprint density at radius 1 is 1.00 bits per heavy atom. The number of carbonyl (C=O) groups excluding carboxylic acids is 1. The summed E-state index contributed by atoms with van der Waals surface area (Å²) in [6.45, 7) is 2.52. The van der Waals surface area contributed by atoms with Crippen molar-refractivity contribution in [3.05, 3.63) is 65.2 Å². The number of carbonyl (C=O) groups is 2. The minimum absolute atomic E-state index is 0.0639. The van der Waals surface area contributed by atoms with Crippen LogP contribution in [0, 0.1) is 5.92 Å². The minimum Gasteiger partial charge on any atom is -0.497 e. The second-order valence-corrected chi connectivity index (χ2v) is 6.65. The second-order valence-electron chi connectivity index (χ2n) is 6.65. The zero-order valence-corrected chi connectivity index (χ0v) is 14.9. The lowest BCUT2D eigenvalue weighted by molar-refractivity contribution is 0.0696. The van der Waals surface area contributed by atoms with Gasteiger partial charge in [-0.05, 0) is 67.9 Å². The van der Waals surface area contributed by atoms with Crippen LogP contribution in [0.5, 0.6) is 5.75 Å². The highest BCUT2D eigenvalue weighted by Gasteiger charge is 2.25. The number of carboxylic acid groups (broad SMARTS) is 1. The fraction of sp³-hybridized carbons (Fsp3) is 0.333. The second kappa shape index (κ2) is 8.15. The number of hydrogen-bond donors (Lipinski definition) is 1. The van der Waals surface area contributed by atoms with Crippen molar-refractivity contribution in [2.24, 2.45) is 5.92 Å². The number of carboxylic acids is 1. The Hall–Kier alpha value is -2.66. The van der Waals surface area contributed by atoms with E-state index in [1.54, 1.807) is 19.2 Å². The molecule has 136 valence electrons. The van der Waals surface area contributed by atoms with Crippen LogP contribution in [0.2, 0.25) is 0 Å². The van der Waals surface area contributed by atoms with Crippen LogP contribution in [-0.4, -0.2) is 42.0 Å². The van der Waals surface area contributed by atoms with Crippen molar-refractivity contribution in [2.45, 2.75) is 19.4 Å². The number of aromatic carboxylic acids is 1. The lowest BCUT2D eigenvalue weighted by Gasteiger charge is -2.31. The van der Waals surface area contributed by atoms with Crippen LogP contribution in [0.25, 0.3) is 0 Å². The third kappa shape index (κ3) is 4.29. The van der Waals surface area contributed by atoms with Gasteiger partial charge in [0, 0.05) is 18.0 Å². The molecule has 0 saturated carbocycles. The highest BCUT2D eigenvalue weighted by atomic mass is 16.5. The van der Waals surface area contributed by atoms with E-state index in [4.69, 9.17) is 9.84 Å². The average Bonchev–Trinajstić information content (AvgIpc) is 2.68. The topological polar surface area (TPSA) is 66.8 Å². The van der Waals surface area contributed by atoms with Crippen LogP contribution in [0.15, 0.2) is 48.5 Å². The Kier molecular flexibility index (Phi) is 5.68. The summed E-state index contributed by atoms with van der Waals surface area (Å²) in [4.78, 5) is 25.9. The maximum atomic E-state index is 12.7. The van der Waals surface area contributed by atoms with E-state index in [2.05, 4.69) is 4.90 Å². The first-order chi connectivity index (χ1) is 12.6. The summed E-state index contributed by atoms with van der Waals surface area (Å²) in [6.07, 6.45) is 1.69. The average molecular weight is 353 g/mol. The normalized spacial score (nSPS) is 15.6. The van der Waals surface area contributed by atoms with Crippen molar-refractivity contribution in [1.29, 1.82) is 0 Å². The number of rotatable bonds is 6. The first-order valence-corrected chi connectivity index (χ1v) is 8.79. The molecule has 2 aromatic carbocycles. The van der Waals surface area contributed by atoms with E-state index in [-0.39, 0.29) is 11.7 Å². The molecule has 0 aromatic heterocycles. The highest BCUT2D eigenvalue weighted by molar-refractivity contribution is 5.98. The van der Waals surface area contributed by atoms with E-state index in [0.717, 1.165) is 49.4 Å². The van der Waals surface area contributed by atoms with Crippen LogP contribution >= 0.6 is 0 Å². The van der Waals surface area contributed by atoms with Gasteiger partial charge in [0.1, 0.15) is 5.75 Å². The smallest absolute Gasteiger partial charge is 0.335 e. The maximum Gasteiger partial charge on any atom is 0.335 e. The molecule has 5 heteroatoms. The summed E-state index contributed by atoms with van der Waals surface area (Å²) in [6, 6.07) is 14.3. The molecule has 0 atom stereocenters. The highest BCUT2D eigenvalue weighted by Crippen LogP contribution is 2.24. The maximum absolute atomic E-state index is 12.7. The Balaban J connectivity index is 1.53. The molecule has 5 nitrogen and oxygen atoms in total. The summed E-state index contributed by atoms with van der Waals surface area (Å²) in [5.74, 6) is 0.117. The van der Waals surface area contributed by atoms with Crippen molar-refractivity contribution in [1.82, 2.24) is 4.90 Å². The molecule has 0 unspecified atom stereocenters. The first-order valence-electron chi connectivity index (χ1n) is 8.79. The molecule has 2 aromatic rings. The number of methoxy groups -OCH3 is 1. The number of ether oxygens (including phenoxy) is 1. The van der Waals surface area contributed by atoms with Crippen LogP contribution in [-0.2, 0) is 6.54 Å². The number of hydrogen-bond acceptors (Lipinski definition) is 4. The molecule has 1 N–H and O–H groups in total. The van der Waals surface area contributed by atoms with Gasteiger partial charge in [0.25, 0.3) is 0 Å². The summed E-state index contributed by atoms with van der Waals surface area (Å²) < 4.78 is 5.13. The third-order valence-corrected chi connectivity index (χ3v) is 4.94. The first kappa shape index (κ1) is 18.1. The predicted octanol–water partition coefficient (Wildman–Crippen LogP) is 3.49. The van der Waals surface area contributed by atoms with Gasteiger partial charge in [0.05, 0.1) is 12.7 Å². The van der Waals surface area contributed by atoms with Gasteiger partial charge < -0.3 is 9.84 Å². The van der Waals surface area contributed by atoms with Gasteiger partial charge in [-0.1, -0.05) is 12.1 Å². The molecule has 0 spiro atoms. The molecule has 0 bridgehead atoms. The van der Waals surface area contributed by atoms with Crippen molar-refractivity contribution in [3.8, 4) is 5.75 Å². The molecule has 0 amide bonds. The fourth-order valence-electron chi connectivity index (χ4n) is 3.36. The van der Waals surface area contributed by atoms with Crippen molar-refractivity contribution in [3.63, 3.8) is 0 Å². The van der Waals surface area contributed by atoms with Gasteiger partial charge in [0.2, 0.25) is 0 Å². The Morgan fingerprint density at radius 3 is 2.12 bits per heavy atom. The predicted molar refractivity (Wildman–Crippen MR) is 98.7 cm³/mol. The van der Waals surface area contributed by atoms with Gasteiger partial charge in [-0.3, -0.25) is 9.69 Å². The van der Waals surface area contributed by atoms with E-state index in [0.29, 0.717) is 5.56 Å². The van der Waals surface area contributed by atoms with Gasteiger partial charge in [-0.2, -0.15) is 0 Å². The third-order valence-electron chi connectivity index (χ3n) is 4.94. The van der Waals surface area contributed by atoms with E-state index in [1.165, 1.54) is 0 Å². The minimum atomic E-state index is -0.908. The molecule has 1 aliphatic rings. The SMILES string of the molecule is COc1ccc(C(=O)C2CCN(Cc3ccc(C(=O)O)cc3)CC2)cc1. The lowest BCUT2D eigenvalue weighted by Crippen LogP contribution is -2.35. The van der Waals surface area contributed by atoms with Crippen LogP contribution < -0.4 is 4.74 Å². The van der Waals surface area contributed by atoms with Crippen molar-refractivity contribution < 1.29 is 19.4 Å². The number of ketones is 1. The molecular formula is C21H23NO4. The molecule has 0 radical (unpaired) electrons. The fourth-order valence-corrected chi connectivity index (χ4v) is 3.36. The van der Waals surface area contributed by atoms with E-state index in [9.17, 15) is 9.59 Å². The van der Waals surface area contributed by atoms with Crippen LogP contribution in [0.3, 0.4) is 0 Å². The number of nitrogens with zero attached hydrogens (tertiary/aromatic N) is 1. The number of likely N-dealkylation sites (tertiary alicyclic amines) is 1. The number of piperidine rings is 1. The summed E-state index contributed by atoms with van der Waals surface area (Å²) >= 11 is 0. The van der Waals surface area contributed by atoms with E-state index >= 15 is 0 Å². The molecule has 1 aliphatic heterocycles. The van der Waals surface area contributed by atoms with Crippen LogP contribution in [0.1, 0.15) is 39.1 Å².